The predicted octanol–water partition coefficient (Wildman–Crippen LogP) is 3.11. The SMILES string of the molecule is CCOC(=O)C1=C(C)N=c2s/c(=C\c3ccco3)c(=O)n2[C@@H]1c1ccc(SC)cc1. The number of thiazole rings is 1. The number of ether oxygens (including phenoxy) is 1. The maximum Gasteiger partial charge on any atom is 0.338 e. The third kappa shape index (κ3) is 3.68. The van der Waals surface area contributed by atoms with E-state index in [-0.39, 0.29) is 12.2 Å². The molecule has 0 radical (unpaired) electrons. The Hall–Kier alpha value is -2.84. The number of hydrogen-bond acceptors (Lipinski definition) is 7. The van der Waals surface area contributed by atoms with Crippen molar-refractivity contribution in [3.05, 3.63) is 84.9 Å². The van der Waals surface area contributed by atoms with Crippen LogP contribution in [-0.4, -0.2) is 23.4 Å². The van der Waals surface area contributed by atoms with Gasteiger partial charge in [-0.15, -0.1) is 11.8 Å². The van der Waals surface area contributed by atoms with Crippen molar-refractivity contribution in [2.24, 2.45) is 4.99 Å². The summed E-state index contributed by atoms with van der Waals surface area (Å²) < 4.78 is 12.7. The van der Waals surface area contributed by atoms with Gasteiger partial charge in [-0.2, -0.15) is 0 Å². The zero-order valence-electron chi connectivity index (χ0n) is 16.7. The zero-order valence-corrected chi connectivity index (χ0v) is 18.4. The van der Waals surface area contributed by atoms with Crippen molar-refractivity contribution in [3.8, 4) is 0 Å². The second-order valence-corrected chi connectivity index (χ2v) is 8.48. The molecule has 2 aromatic heterocycles. The van der Waals surface area contributed by atoms with Gasteiger partial charge < -0.3 is 9.15 Å². The number of thioether (sulfide) groups is 1. The quantitative estimate of drug-likeness (QED) is 0.450. The van der Waals surface area contributed by atoms with Gasteiger partial charge in [0.05, 0.1) is 34.7 Å². The number of rotatable bonds is 5. The fourth-order valence-electron chi connectivity index (χ4n) is 3.40. The summed E-state index contributed by atoms with van der Waals surface area (Å²) in [6.45, 7) is 3.78. The number of nitrogens with zero attached hydrogens (tertiary/aromatic N) is 2. The van der Waals surface area contributed by atoms with E-state index >= 15 is 0 Å². The Morgan fingerprint density at radius 1 is 1.33 bits per heavy atom. The summed E-state index contributed by atoms with van der Waals surface area (Å²) in [5.41, 5.74) is 1.54. The van der Waals surface area contributed by atoms with Gasteiger partial charge in [-0.05, 0) is 49.9 Å². The predicted molar refractivity (Wildman–Crippen MR) is 117 cm³/mol. The number of aromatic nitrogens is 1. The van der Waals surface area contributed by atoms with Gasteiger partial charge in [-0.25, -0.2) is 9.79 Å². The number of esters is 1. The van der Waals surface area contributed by atoms with Crippen molar-refractivity contribution < 1.29 is 13.9 Å². The van der Waals surface area contributed by atoms with E-state index in [9.17, 15) is 9.59 Å². The molecule has 1 aliphatic heterocycles. The van der Waals surface area contributed by atoms with Crippen LogP contribution in [0.15, 0.2) is 73.0 Å². The molecule has 8 heteroatoms. The van der Waals surface area contributed by atoms with Gasteiger partial charge in [0.1, 0.15) is 5.76 Å². The number of benzene rings is 1. The number of carbonyl (C=O) groups excluding carboxylic acids is 1. The third-order valence-corrected chi connectivity index (χ3v) is 6.49. The molecule has 0 bridgehead atoms. The number of allylic oxidation sites excluding steroid dienone is 1. The smallest absolute Gasteiger partial charge is 0.338 e. The largest absolute Gasteiger partial charge is 0.465 e. The maximum atomic E-state index is 13.3. The van der Waals surface area contributed by atoms with Crippen LogP contribution >= 0.6 is 23.1 Å². The molecular formula is C22H20N2O4S2. The zero-order chi connectivity index (χ0) is 21.3. The molecule has 1 aromatic carbocycles. The monoisotopic (exact) mass is 440 g/mol. The second-order valence-electron chi connectivity index (χ2n) is 6.59. The average Bonchev–Trinajstić information content (AvgIpc) is 3.36. The summed E-state index contributed by atoms with van der Waals surface area (Å²) in [6, 6.07) is 10.8. The maximum absolute atomic E-state index is 13.3. The van der Waals surface area contributed by atoms with Gasteiger partial charge in [0.2, 0.25) is 0 Å². The summed E-state index contributed by atoms with van der Waals surface area (Å²) in [5.74, 6) is 0.125. The van der Waals surface area contributed by atoms with Crippen molar-refractivity contribution in [3.63, 3.8) is 0 Å². The Labute approximate surface area is 181 Å². The van der Waals surface area contributed by atoms with E-state index < -0.39 is 12.0 Å². The summed E-state index contributed by atoms with van der Waals surface area (Å²) in [6.07, 6.45) is 5.25. The van der Waals surface area contributed by atoms with Gasteiger partial charge in [-0.3, -0.25) is 9.36 Å². The fraction of sp³-hybridized carbons (Fsp3) is 0.227. The molecule has 1 aliphatic rings. The highest BCUT2D eigenvalue weighted by molar-refractivity contribution is 7.98. The van der Waals surface area contributed by atoms with Crippen LogP contribution in [0.3, 0.4) is 0 Å². The number of furan rings is 1. The lowest BCUT2D eigenvalue weighted by Gasteiger charge is -2.24. The topological polar surface area (TPSA) is 73.8 Å². The first-order valence-corrected chi connectivity index (χ1v) is 11.4. The van der Waals surface area contributed by atoms with Crippen molar-refractivity contribution in [2.45, 2.75) is 24.8 Å². The lowest BCUT2D eigenvalue weighted by Crippen LogP contribution is -2.39. The molecule has 1 atom stereocenters. The van der Waals surface area contributed by atoms with E-state index in [1.807, 2.05) is 30.5 Å². The fourth-order valence-corrected chi connectivity index (χ4v) is 4.83. The minimum atomic E-state index is -0.602. The van der Waals surface area contributed by atoms with Crippen LogP contribution in [0.5, 0.6) is 0 Å². The van der Waals surface area contributed by atoms with Crippen LogP contribution < -0.4 is 14.9 Å². The van der Waals surface area contributed by atoms with E-state index in [0.29, 0.717) is 26.4 Å². The van der Waals surface area contributed by atoms with Crippen molar-refractivity contribution in [1.29, 1.82) is 0 Å². The molecule has 0 amide bonds. The van der Waals surface area contributed by atoms with Gasteiger partial charge >= 0.3 is 5.97 Å². The van der Waals surface area contributed by atoms with E-state index in [2.05, 4.69) is 4.99 Å². The van der Waals surface area contributed by atoms with Crippen LogP contribution in [0.25, 0.3) is 6.08 Å². The molecule has 0 fully saturated rings. The third-order valence-electron chi connectivity index (χ3n) is 4.77. The van der Waals surface area contributed by atoms with Gasteiger partial charge in [0.25, 0.3) is 5.56 Å². The first-order valence-electron chi connectivity index (χ1n) is 9.40. The lowest BCUT2D eigenvalue weighted by molar-refractivity contribution is -0.139. The van der Waals surface area contributed by atoms with Crippen LogP contribution in [-0.2, 0) is 9.53 Å². The van der Waals surface area contributed by atoms with Gasteiger partial charge in [0.15, 0.2) is 4.80 Å². The second kappa shape index (κ2) is 8.49. The first kappa shape index (κ1) is 20.4. The number of fused-ring (bicyclic) bond motifs is 1. The molecule has 154 valence electrons. The Bertz CT molecular complexity index is 1280. The Balaban J connectivity index is 1.95. The van der Waals surface area contributed by atoms with Crippen LogP contribution in [0, 0.1) is 0 Å². The summed E-state index contributed by atoms with van der Waals surface area (Å²) >= 11 is 2.91. The Morgan fingerprint density at radius 2 is 2.10 bits per heavy atom. The highest BCUT2D eigenvalue weighted by Crippen LogP contribution is 2.31. The summed E-state index contributed by atoms with van der Waals surface area (Å²) in [7, 11) is 0. The molecule has 0 spiro atoms. The van der Waals surface area contributed by atoms with Gasteiger partial charge in [-0.1, -0.05) is 23.5 Å². The molecule has 0 unspecified atom stereocenters. The van der Waals surface area contributed by atoms with E-state index in [1.54, 1.807) is 54.6 Å². The van der Waals surface area contributed by atoms with E-state index in [4.69, 9.17) is 9.15 Å². The molecule has 6 nitrogen and oxygen atoms in total. The van der Waals surface area contributed by atoms with Crippen molar-refractivity contribution >= 4 is 35.1 Å². The molecule has 0 aliphatic carbocycles. The minimum absolute atomic E-state index is 0.219. The molecule has 4 rings (SSSR count). The minimum Gasteiger partial charge on any atom is -0.465 e. The first-order chi connectivity index (χ1) is 14.5. The number of hydrogen-bond donors (Lipinski definition) is 0. The molecule has 30 heavy (non-hydrogen) atoms. The summed E-state index contributed by atoms with van der Waals surface area (Å²) in [4.78, 5) is 32.4. The molecule has 0 N–H and O–H groups in total. The molecular weight excluding hydrogens is 420 g/mol. The average molecular weight is 441 g/mol. The summed E-state index contributed by atoms with van der Waals surface area (Å²) in [5, 5.41) is 0. The highest BCUT2D eigenvalue weighted by atomic mass is 32.2. The molecule has 0 saturated carbocycles. The molecule has 3 heterocycles. The van der Waals surface area contributed by atoms with E-state index in [0.717, 1.165) is 10.5 Å². The van der Waals surface area contributed by atoms with Crippen LogP contribution in [0.2, 0.25) is 0 Å². The Morgan fingerprint density at radius 3 is 2.73 bits per heavy atom. The van der Waals surface area contributed by atoms with Crippen molar-refractivity contribution in [2.75, 3.05) is 12.9 Å². The van der Waals surface area contributed by atoms with E-state index in [1.165, 1.54) is 11.3 Å². The highest BCUT2D eigenvalue weighted by Gasteiger charge is 2.33. The molecule has 0 saturated heterocycles. The van der Waals surface area contributed by atoms with Crippen LogP contribution in [0.1, 0.15) is 31.2 Å². The van der Waals surface area contributed by atoms with Crippen molar-refractivity contribution in [1.82, 2.24) is 4.57 Å². The van der Waals surface area contributed by atoms with Gasteiger partial charge in [0, 0.05) is 11.0 Å². The lowest BCUT2D eigenvalue weighted by atomic mass is 9.96. The standard InChI is InChI=1S/C22H20N2O4S2/c1-4-27-21(26)18-13(2)23-22-24(19(18)14-7-9-16(29-3)10-8-14)20(25)17(30-22)12-15-6-5-11-28-15/h5-12,19H,4H2,1-3H3/b17-12-/t19-/m1/s1. The molecule has 3 aromatic rings. The normalized spacial score (nSPS) is 16.4. The Kier molecular flexibility index (Phi) is 5.78. The number of carbonyl (C=O) groups is 1. The van der Waals surface area contributed by atoms with Crippen LogP contribution in [0.4, 0.5) is 0 Å².